The molecule has 5 nitrogen and oxygen atoms in total. The lowest BCUT2D eigenvalue weighted by molar-refractivity contribution is 0.131. The molecule has 0 unspecified atom stereocenters. The van der Waals surface area contributed by atoms with Gasteiger partial charge in [-0.05, 0) is 74.9 Å². The van der Waals surface area contributed by atoms with E-state index < -0.39 is 0 Å². The largest absolute Gasteiger partial charge is 0.497 e. The van der Waals surface area contributed by atoms with Gasteiger partial charge in [0.1, 0.15) is 17.1 Å². The van der Waals surface area contributed by atoms with E-state index >= 15 is 0 Å². The van der Waals surface area contributed by atoms with Gasteiger partial charge in [0.25, 0.3) is 0 Å². The van der Waals surface area contributed by atoms with E-state index in [9.17, 15) is 0 Å². The van der Waals surface area contributed by atoms with Gasteiger partial charge in [-0.3, -0.25) is 5.43 Å². The summed E-state index contributed by atoms with van der Waals surface area (Å²) in [5.74, 6) is 1.67. The van der Waals surface area contributed by atoms with E-state index in [-0.39, 0.29) is 5.60 Å². The summed E-state index contributed by atoms with van der Waals surface area (Å²) in [5, 5.41) is 7.00. The molecule has 3 aromatic rings. The van der Waals surface area contributed by atoms with E-state index in [1.165, 1.54) is 11.3 Å². The Morgan fingerprint density at radius 1 is 1.00 bits per heavy atom. The average Bonchev–Trinajstić information content (AvgIpc) is 3.11. The first kappa shape index (κ1) is 18.9. The van der Waals surface area contributed by atoms with E-state index in [1.807, 2.05) is 74.7 Å². The molecule has 1 heterocycles. The topological polar surface area (TPSA) is 55.7 Å². The highest BCUT2D eigenvalue weighted by molar-refractivity contribution is 7.14. The molecule has 27 heavy (non-hydrogen) atoms. The number of rotatable bonds is 6. The molecule has 0 saturated heterocycles. The van der Waals surface area contributed by atoms with Crippen molar-refractivity contribution in [1.82, 2.24) is 4.98 Å². The molecule has 1 N–H and O–H groups in total. The SMILES string of the molecule is COc1ccc(-c2csc(N/N=C\c3ccc(OC(C)(C)C)cc3)n2)cc1. The van der Waals surface area contributed by atoms with Crippen LogP contribution < -0.4 is 14.9 Å². The highest BCUT2D eigenvalue weighted by Crippen LogP contribution is 2.26. The van der Waals surface area contributed by atoms with Crippen LogP contribution in [0.2, 0.25) is 0 Å². The van der Waals surface area contributed by atoms with Gasteiger partial charge in [-0.25, -0.2) is 4.98 Å². The van der Waals surface area contributed by atoms with Gasteiger partial charge in [-0.15, -0.1) is 11.3 Å². The van der Waals surface area contributed by atoms with E-state index in [0.717, 1.165) is 33.5 Å². The van der Waals surface area contributed by atoms with Gasteiger partial charge in [0.2, 0.25) is 5.13 Å². The maximum Gasteiger partial charge on any atom is 0.203 e. The van der Waals surface area contributed by atoms with Crippen molar-refractivity contribution in [2.24, 2.45) is 5.10 Å². The zero-order valence-corrected chi connectivity index (χ0v) is 16.7. The number of hydrogen-bond donors (Lipinski definition) is 1. The molecule has 0 atom stereocenters. The van der Waals surface area contributed by atoms with Crippen LogP contribution in [0.15, 0.2) is 59.0 Å². The minimum Gasteiger partial charge on any atom is -0.497 e. The van der Waals surface area contributed by atoms with Crippen molar-refractivity contribution in [3.8, 4) is 22.8 Å². The molecule has 0 aliphatic heterocycles. The Labute approximate surface area is 163 Å². The lowest BCUT2D eigenvalue weighted by atomic mass is 10.2. The summed E-state index contributed by atoms with van der Waals surface area (Å²) >= 11 is 1.51. The molecule has 0 amide bonds. The number of thiazole rings is 1. The number of benzene rings is 2. The minimum atomic E-state index is -0.205. The molecule has 1 aromatic heterocycles. The standard InChI is InChI=1S/C21H23N3O2S/c1-21(2,3)26-18-9-5-15(6-10-18)13-22-24-20-23-19(14-27-20)16-7-11-17(25-4)12-8-16/h5-14H,1-4H3,(H,23,24)/b22-13-. The summed E-state index contributed by atoms with van der Waals surface area (Å²) in [5.41, 5.74) is 5.70. The molecule has 0 aliphatic carbocycles. The number of anilines is 1. The van der Waals surface area contributed by atoms with E-state index in [4.69, 9.17) is 9.47 Å². The summed E-state index contributed by atoms with van der Waals surface area (Å²) in [7, 11) is 1.66. The minimum absolute atomic E-state index is 0.205. The first-order chi connectivity index (χ1) is 12.9. The number of nitrogens with one attached hydrogen (secondary N) is 1. The first-order valence-electron chi connectivity index (χ1n) is 8.61. The van der Waals surface area contributed by atoms with Crippen molar-refractivity contribution in [2.75, 3.05) is 12.5 Å². The van der Waals surface area contributed by atoms with Gasteiger partial charge in [-0.1, -0.05) is 0 Å². The smallest absolute Gasteiger partial charge is 0.203 e. The van der Waals surface area contributed by atoms with Crippen LogP contribution in [-0.4, -0.2) is 23.9 Å². The predicted octanol–water partition coefficient (Wildman–Crippen LogP) is 5.44. The molecule has 0 radical (unpaired) electrons. The molecule has 0 spiro atoms. The summed E-state index contributed by atoms with van der Waals surface area (Å²) in [6.07, 6.45) is 1.76. The fraction of sp³-hybridized carbons (Fsp3) is 0.238. The number of ether oxygens (including phenoxy) is 2. The third-order valence-corrected chi connectivity index (χ3v) is 4.31. The second-order valence-electron chi connectivity index (χ2n) is 6.92. The molecule has 0 fully saturated rings. The predicted molar refractivity (Wildman–Crippen MR) is 112 cm³/mol. The summed E-state index contributed by atoms with van der Waals surface area (Å²) < 4.78 is 11.0. The number of methoxy groups -OCH3 is 1. The third-order valence-electron chi connectivity index (χ3n) is 3.57. The maximum atomic E-state index is 5.81. The Bertz CT molecular complexity index is 894. The molecular formula is C21H23N3O2S. The molecule has 0 aliphatic rings. The number of nitrogens with zero attached hydrogens (tertiary/aromatic N) is 2. The number of hydrazone groups is 1. The summed E-state index contributed by atoms with van der Waals surface area (Å²) in [4.78, 5) is 4.55. The first-order valence-corrected chi connectivity index (χ1v) is 9.49. The van der Waals surface area contributed by atoms with Crippen molar-refractivity contribution in [1.29, 1.82) is 0 Å². The fourth-order valence-corrected chi connectivity index (χ4v) is 3.03. The van der Waals surface area contributed by atoms with Crippen LogP contribution >= 0.6 is 11.3 Å². The highest BCUT2D eigenvalue weighted by Gasteiger charge is 2.11. The van der Waals surface area contributed by atoms with Gasteiger partial charge in [0.15, 0.2) is 0 Å². The lowest BCUT2D eigenvalue weighted by Gasteiger charge is -2.21. The van der Waals surface area contributed by atoms with Crippen LogP contribution in [0.4, 0.5) is 5.13 Å². The monoisotopic (exact) mass is 381 g/mol. The van der Waals surface area contributed by atoms with Crippen LogP contribution in [0.25, 0.3) is 11.3 Å². The summed E-state index contributed by atoms with van der Waals surface area (Å²) in [6.45, 7) is 6.08. The average molecular weight is 382 g/mol. The number of aromatic nitrogens is 1. The van der Waals surface area contributed by atoms with Crippen molar-refractivity contribution in [3.63, 3.8) is 0 Å². The Morgan fingerprint density at radius 3 is 2.30 bits per heavy atom. The Kier molecular flexibility index (Phi) is 5.76. The number of hydrogen-bond acceptors (Lipinski definition) is 6. The van der Waals surface area contributed by atoms with E-state index in [0.29, 0.717) is 0 Å². The molecule has 6 heteroatoms. The van der Waals surface area contributed by atoms with Crippen LogP contribution in [0.3, 0.4) is 0 Å². The second-order valence-corrected chi connectivity index (χ2v) is 7.78. The molecule has 0 saturated carbocycles. The molecule has 140 valence electrons. The second kappa shape index (κ2) is 8.22. The van der Waals surface area contributed by atoms with Crippen LogP contribution in [0.1, 0.15) is 26.3 Å². The highest BCUT2D eigenvalue weighted by atomic mass is 32.1. The Balaban J connectivity index is 1.59. The molecule has 0 bridgehead atoms. The van der Waals surface area contributed by atoms with Crippen LogP contribution in [-0.2, 0) is 0 Å². The maximum absolute atomic E-state index is 5.81. The fourth-order valence-electron chi connectivity index (χ4n) is 2.36. The van der Waals surface area contributed by atoms with Gasteiger partial charge >= 0.3 is 0 Å². The van der Waals surface area contributed by atoms with Gasteiger partial charge in [0, 0.05) is 10.9 Å². The van der Waals surface area contributed by atoms with Crippen molar-refractivity contribution < 1.29 is 9.47 Å². The zero-order chi connectivity index (χ0) is 19.3. The zero-order valence-electron chi connectivity index (χ0n) is 15.9. The molecule has 2 aromatic carbocycles. The quantitative estimate of drug-likeness (QED) is 0.456. The van der Waals surface area contributed by atoms with Crippen molar-refractivity contribution >= 4 is 22.7 Å². The van der Waals surface area contributed by atoms with Crippen LogP contribution in [0, 0.1) is 0 Å². The lowest BCUT2D eigenvalue weighted by Crippen LogP contribution is -2.22. The van der Waals surface area contributed by atoms with Crippen molar-refractivity contribution in [3.05, 3.63) is 59.5 Å². The van der Waals surface area contributed by atoms with Crippen LogP contribution in [0.5, 0.6) is 11.5 Å². The van der Waals surface area contributed by atoms with Gasteiger partial charge < -0.3 is 9.47 Å². The third kappa shape index (κ3) is 5.56. The van der Waals surface area contributed by atoms with E-state index in [2.05, 4.69) is 15.5 Å². The Hall–Kier alpha value is -2.86. The van der Waals surface area contributed by atoms with Crippen molar-refractivity contribution in [2.45, 2.75) is 26.4 Å². The van der Waals surface area contributed by atoms with E-state index in [1.54, 1.807) is 13.3 Å². The van der Waals surface area contributed by atoms with Gasteiger partial charge in [0.05, 0.1) is 19.0 Å². The normalized spacial score (nSPS) is 11.6. The Morgan fingerprint density at radius 2 is 1.67 bits per heavy atom. The molecule has 3 rings (SSSR count). The summed E-state index contributed by atoms with van der Waals surface area (Å²) in [6, 6.07) is 15.6. The molecular weight excluding hydrogens is 358 g/mol. The van der Waals surface area contributed by atoms with Gasteiger partial charge in [-0.2, -0.15) is 5.10 Å².